The van der Waals surface area contributed by atoms with Gasteiger partial charge in [-0.25, -0.2) is 14.4 Å². The van der Waals surface area contributed by atoms with Gasteiger partial charge in [-0.05, 0) is 135 Å². The average Bonchev–Trinajstić information content (AvgIpc) is 3.99. The van der Waals surface area contributed by atoms with Crippen molar-refractivity contribution in [2.75, 3.05) is 14.2 Å². The number of aromatic nitrogens is 4. The minimum atomic E-state index is -4.40. The molecule has 0 aliphatic carbocycles. The monoisotopic (exact) mass is 1040 g/mol. The number of nitrogens with one attached hydrogen (secondary N) is 1. The molecule has 0 fully saturated rings. The van der Waals surface area contributed by atoms with Crippen LogP contribution in [0.5, 0.6) is 0 Å². The molecule has 2 heterocycles. The van der Waals surface area contributed by atoms with Crippen molar-refractivity contribution >= 4 is 45.6 Å². The number of amides is 1. The van der Waals surface area contributed by atoms with Crippen LogP contribution in [0.15, 0.2) is 133 Å². The Morgan fingerprint density at radius 3 is 1.33 bits per heavy atom. The third-order valence-corrected chi connectivity index (χ3v) is 12.1. The lowest BCUT2D eigenvalue weighted by Crippen LogP contribution is -2.29. The van der Waals surface area contributed by atoms with Crippen molar-refractivity contribution in [3.63, 3.8) is 0 Å². The van der Waals surface area contributed by atoms with Crippen LogP contribution in [-0.2, 0) is 47.8 Å². The van der Waals surface area contributed by atoms with Crippen LogP contribution in [-0.4, -0.2) is 62.7 Å². The number of nitrogens with two attached hydrogens (primary N) is 1. The highest BCUT2D eigenvalue weighted by molar-refractivity contribution is 6.06. The summed E-state index contributed by atoms with van der Waals surface area (Å²) in [6, 6.07) is 34.1. The van der Waals surface area contributed by atoms with E-state index >= 15 is 0 Å². The Hall–Kier alpha value is -8.32. The summed E-state index contributed by atoms with van der Waals surface area (Å²) >= 11 is 0. The lowest BCUT2D eigenvalue weighted by molar-refractivity contribution is -0.138. The average molecular weight is 1040 g/mol. The first-order valence-corrected chi connectivity index (χ1v) is 23.5. The van der Waals surface area contributed by atoms with Crippen LogP contribution in [0.4, 0.5) is 26.3 Å². The number of carboxylic acid groups (broad SMARTS) is 1. The van der Waals surface area contributed by atoms with Gasteiger partial charge in [0.2, 0.25) is 0 Å². The van der Waals surface area contributed by atoms with Gasteiger partial charge < -0.3 is 25.6 Å². The Bertz CT molecular complexity index is 3280. The number of carbonyl (C=O) groups is 4. The first-order valence-electron chi connectivity index (χ1n) is 23.5. The van der Waals surface area contributed by atoms with Crippen LogP contribution < -0.4 is 11.1 Å². The van der Waals surface area contributed by atoms with Gasteiger partial charge >= 0.3 is 30.3 Å². The van der Waals surface area contributed by atoms with Gasteiger partial charge in [0, 0.05) is 29.9 Å². The number of halogens is 6. The van der Waals surface area contributed by atoms with E-state index in [1.165, 1.54) is 43.2 Å². The predicted molar refractivity (Wildman–Crippen MR) is 270 cm³/mol. The fourth-order valence-electron chi connectivity index (χ4n) is 8.18. The molecular weight excluding hydrogens is 983 g/mol. The van der Waals surface area contributed by atoms with Crippen LogP contribution >= 0.6 is 0 Å². The molecule has 392 valence electrons. The molecule has 0 aliphatic rings. The number of fused-ring (bicyclic) bond motifs is 2. The number of aryl methyl sites for hydroxylation is 2. The van der Waals surface area contributed by atoms with E-state index in [0.29, 0.717) is 81.2 Å². The van der Waals surface area contributed by atoms with E-state index in [0.717, 1.165) is 41.0 Å². The van der Waals surface area contributed by atoms with Crippen molar-refractivity contribution in [3.05, 3.63) is 200 Å². The molecule has 1 amide bonds. The van der Waals surface area contributed by atoms with Crippen molar-refractivity contribution < 1.29 is 60.1 Å². The van der Waals surface area contributed by atoms with Crippen molar-refractivity contribution in [2.24, 2.45) is 5.73 Å². The van der Waals surface area contributed by atoms with Gasteiger partial charge in [0.15, 0.2) is 5.69 Å². The van der Waals surface area contributed by atoms with Crippen molar-refractivity contribution in [1.29, 1.82) is 0 Å². The number of alkyl halides is 6. The number of rotatable bonds is 13. The summed E-state index contributed by atoms with van der Waals surface area (Å²) in [5, 5.41) is 22.6. The third-order valence-electron chi connectivity index (χ3n) is 12.1. The molecule has 8 aromatic rings. The Kier molecular flexibility index (Phi) is 18.0. The van der Waals surface area contributed by atoms with Gasteiger partial charge in [-0.15, -0.1) is 0 Å². The fourth-order valence-corrected chi connectivity index (χ4v) is 8.18. The lowest BCUT2D eigenvalue weighted by atomic mass is 9.98. The number of esters is 2. The lowest BCUT2D eigenvalue weighted by Gasteiger charge is -2.16. The summed E-state index contributed by atoms with van der Waals surface area (Å²) < 4.78 is 89.2. The maximum Gasteiger partial charge on any atom is 0.416 e. The summed E-state index contributed by atoms with van der Waals surface area (Å²) in [7, 11) is 2.67. The highest BCUT2D eigenvalue weighted by atomic mass is 19.4. The normalized spacial score (nSPS) is 12.2. The molecule has 0 saturated carbocycles. The van der Waals surface area contributed by atoms with Gasteiger partial charge in [-0.1, -0.05) is 72.8 Å². The summed E-state index contributed by atoms with van der Waals surface area (Å²) in [6.45, 7) is 8.28. The molecule has 2 atom stereocenters. The van der Waals surface area contributed by atoms with E-state index in [1.54, 1.807) is 66.2 Å². The maximum atomic E-state index is 13.5. The van der Waals surface area contributed by atoms with E-state index in [9.17, 15) is 50.6 Å². The molecule has 0 bridgehead atoms. The van der Waals surface area contributed by atoms with E-state index < -0.39 is 35.4 Å². The summed E-state index contributed by atoms with van der Waals surface area (Å²) in [4.78, 5) is 47.9. The van der Waals surface area contributed by atoms with E-state index in [1.807, 2.05) is 51.1 Å². The molecule has 0 spiro atoms. The third kappa shape index (κ3) is 13.7. The summed E-state index contributed by atoms with van der Waals surface area (Å²) in [5.74, 6) is -2.17. The van der Waals surface area contributed by atoms with E-state index in [2.05, 4.69) is 20.3 Å². The Balaban J connectivity index is 0.000000206. The number of aromatic carboxylic acids is 1. The van der Waals surface area contributed by atoms with Crippen molar-refractivity contribution in [1.82, 2.24) is 24.9 Å². The number of ether oxygens (including phenoxy) is 2. The second kappa shape index (κ2) is 24.1. The predicted octanol–water partition coefficient (Wildman–Crippen LogP) is 11.8. The molecule has 0 radical (unpaired) electrons. The number of benzene rings is 6. The summed E-state index contributed by atoms with van der Waals surface area (Å²) in [6.07, 6.45) is -8.11. The first-order chi connectivity index (χ1) is 35.6. The van der Waals surface area contributed by atoms with E-state index in [-0.39, 0.29) is 29.7 Å². The molecule has 0 unspecified atom stereocenters. The number of carbonyl (C=O) groups excluding carboxylic acids is 3. The summed E-state index contributed by atoms with van der Waals surface area (Å²) in [5.41, 5.74) is 11.5. The Labute approximate surface area is 427 Å². The molecule has 19 heteroatoms. The SMILES string of the molecule is CCn1nc2cccc(Cc3ccc(C(F)(F)F)cc3)c2c1C(=O)N[C@@H](C)c1ccc(C(=O)OC)cc1.CCn1nc2cccc(Cc3ccc(C(F)(F)F)cc3)c2c1C(=O)O.COC(=O)c1ccc([C@H](C)N)cc1. The zero-order chi connectivity index (χ0) is 54.8. The first kappa shape index (κ1) is 56.0. The topological polar surface area (TPSA) is 181 Å². The number of hydrogen-bond acceptors (Lipinski definition) is 9. The molecule has 8 rings (SSSR count). The second-order valence-corrected chi connectivity index (χ2v) is 17.2. The molecule has 75 heavy (non-hydrogen) atoms. The molecule has 6 aromatic carbocycles. The molecule has 4 N–H and O–H groups in total. The maximum absolute atomic E-state index is 13.5. The van der Waals surface area contributed by atoms with Gasteiger partial charge in [0.25, 0.3) is 5.91 Å². The minimum absolute atomic E-state index is 0.00769. The standard InChI is InChI=1S/C28H26F3N3O3.C18H15F3N2O2.C10H13NO2/c1-4-34-25(26(35)32-17(2)19-10-12-20(13-11-19)27(36)37-3)24-21(6-5-7-23(24)33-34)16-18-8-14-22(15-9-18)28(29,30)31;1-2-23-16(17(24)25)15-12(4-3-5-14(15)22-23)10-11-6-8-13(9-7-11)18(19,20)21;1-7(11)8-3-5-9(6-4-8)10(12)13-2/h5-15,17H,4,16H2,1-3H3,(H,32,35);3-9H,2,10H2,1H3,(H,24,25);3-7H,11H2,1-2H3/t17-;;7-/m0.0/s1. The van der Waals surface area contributed by atoms with Crippen molar-refractivity contribution in [2.45, 2.75) is 78.1 Å². The number of carboxylic acids is 1. The van der Waals surface area contributed by atoms with Crippen LogP contribution in [0.3, 0.4) is 0 Å². The second-order valence-electron chi connectivity index (χ2n) is 17.2. The number of nitrogens with zero attached hydrogens (tertiary/aromatic N) is 4. The Morgan fingerprint density at radius 2 is 0.973 bits per heavy atom. The van der Waals surface area contributed by atoms with E-state index in [4.69, 9.17) is 10.5 Å². The minimum Gasteiger partial charge on any atom is -0.477 e. The molecule has 2 aromatic heterocycles. The van der Waals surface area contributed by atoms with Crippen LogP contribution in [0.25, 0.3) is 21.8 Å². The van der Waals surface area contributed by atoms with Gasteiger partial charge in [-0.2, -0.15) is 36.5 Å². The number of methoxy groups -OCH3 is 2. The van der Waals surface area contributed by atoms with Crippen molar-refractivity contribution in [3.8, 4) is 0 Å². The van der Waals surface area contributed by atoms with Crippen LogP contribution in [0.1, 0.15) is 126 Å². The molecule has 0 aliphatic heterocycles. The van der Waals surface area contributed by atoms with Gasteiger partial charge in [-0.3, -0.25) is 14.2 Å². The van der Waals surface area contributed by atoms with Crippen LogP contribution in [0.2, 0.25) is 0 Å². The quantitative estimate of drug-likeness (QED) is 0.0743. The van der Waals surface area contributed by atoms with Crippen LogP contribution in [0, 0.1) is 0 Å². The highest BCUT2D eigenvalue weighted by Crippen LogP contribution is 2.33. The molecule has 0 saturated heterocycles. The molecule has 13 nitrogen and oxygen atoms in total. The number of hydrogen-bond donors (Lipinski definition) is 3. The van der Waals surface area contributed by atoms with Gasteiger partial charge in [0.05, 0.1) is 53.5 Å². The van der Waals surface area contributed by atoms with Gasteiger partial charge in [0.1, 0.15) is 5.69 Å². The zero-order valence-corrected chi connectivity index (χ0v) is 41.7. The zero-order valence-electron chi connectivity index (χ0n) is 41.7. The highest BCUT2D eigenvalue weighted by Gasteiger charge is 2.31. The molecular formula is C56H54F6N6O7. The smallest absolute Gasteiger partial charge is 0.416 e. The fraction of sp³-hybridized carbons (Fsp3) is 0.250. The largest absolute Gasteiger partial charge is 0.477 e. The Morgan fingerprint density at radius 1 is 0.587 bits per heavy atom.